The number of amides is 1. The number of fused-ring (bicyclic) bond motifs is 1. The Labute approximate surface area is 154 Å². The summed E-state index contributed by atoms with van der Waals surface area (Å²) >= 11 is 1.38. The Bertz CT molecular complexity index is 690. The molecule has 2 rings (SSSR count). The molecule has 2 aromatic rings. The summed E-state index contributed by atoms with van der Waals surface area (Å²) in [5.41, 5.74) is 0.902. The third kappa shape index (κ3) is 6.53. The van der Waals surface area contributed by atoms with Crippen LogP contribution >= 0.6 is 11.8 Å². The number of nitrogens with one attached hydrogen (secondary N) is 2. The molecule has 5 nitrogen and oxygen atoms in total. The van der Waals surface area contributed by atoms with E-state index in [0.717, 1.165) is 49.1 Å². The fourth-order valence-electron chi connectivity index (χ4n) is 2.32. The van der Waals surface area contributed by atoms with Crippen LogP contribution in [0.1, 0.15) is 40.0 Å². The maximum atomic E-state index is 12.0. The first-order valence-corrected chi connectivity index (χ1v) is 9.99. The summed E-state index contributed by atoms with van der Waals surface area (Å²) in [6.45, 7) is 8.07. The van der Waals surface area contributed by atoms with E-state index in [1.165, 1.54) is 11.8 Å². The van der Waals surface area contributed by atoms with E-state index in [2.05, 4.69) is 41.4 Å². The van der Waals surface area contributed by atoms with Crippen LogP contribution in [0.3, 0.4) is 0 Å². The largest absolute Gasteiger partial charge is 0.369 e. The van der Waals surface area contributed by atoms with Crippen molar-refractivity contribution in [1.29, 1.82) is 0 Å². The van der Waals surface area contributed by atoms with Crippen molar-refractivity contribution in [3.8, 4) is 0 Å². The standard InChI is InChI=1S/C19H28N4OS/c1-4-5-11-21-18-15-8-6-7-9-16(15)22-19(23-18)25-13-17(24)20-12-10-14(2)3/h6-9,14H,4-5,10-13H2,1-3H3,(H,20,24)(H,21,22,23). The maximum absolute atomic E-state index is 12.0. The fraction of sp³-hybridized carbons (Fsp3) is 0.526. The van der Waals surface area contributed by atoms with Crippen molar-refractivity contribution in [2.75, 3.05) is 24.2 Å². The molecule has 2 N–H and O–H groups in total. The first-order valence-electron chi connectivity index (χ1n) is 9.00. The number of hydrogen-bond acceptors (Lipinski definition) is 5. The summed E-state index contributed by atoms with van der Waals surface area (Å²) in [7, 11) is 0. The van der Waals surface area contributed by atoms with E-state index >= 15 is 0 Å². The number of hydrogen-bond donors (Lipinski definition) is 2. The van der Waals surface area contributed by atoms with Crippen molar-refractivity contribution in [2.24, 2.45) is 5.92 Å². The molecule has 0 bridgehead atoms. The lowest BCUT2D eigenvalue weighted by Gasteiger charge is -2.10. The van der Waals surface area contributed by atoms with Gasteiger partial charge in [0.1, 0.15) is 5.82 Å². The van der Waals surface area contributed by atoms with Gasteiger partial charge in [-0.25, -0.2) is 9.97 Å². The number of anilines is 1. The van der Waals surface area contributed by atoms with Gasteiger partial charge in [0.15, 0.2) is 5.16 Å². The van der Waals surface area contributed by atoms with Gasteiger partial charge >= 0.3 is 0 Å². The van der Waals surface area contributed by atoms with Crippen molar-refractivity contribution >= 4 is 34.4 Å². The number of benzene rings is 1. The molecule has 1 aromatic carbocycles. The first kappa shape index (κ1) is 19.5. The van der Waals surface area contributed by atoms with E-state index in [4.69, 9.17) is 0 Å². The predicted molar refractivity (Wildman–Crippen MR) is 106 cm³/mol. The molecule has 6 heteroatoms. The zero-order chi connectivity index (χ0) is 18.1. The number of nitrogens with zero attached hydrogens (tertiary/aromatic N) is 2. The summed E-state index contributed by atoms with van der Waals surface area (Å²) in [6.07, 6.45) is 3.22. The molecule has 25 heavy (non-hydrogen) atoms. The molecule has 1 aromatic heterocycles. The van der Waals surface area contributed by atoms with Gasteiger partial charge in [0.25, 0.3) is 0 Å². The third-order valence-corrected chi connectivity index (χ3v) is 4.63. The molecule has 1 amide bonds. The number of rotatable bonds is 10. The second-order valence-corrected chi connectivity index (χ2v) is 7.42. The number of thioether (sulfide) groups is 1. The van der Waals surface area contributed by atoms with Crippen LogP contribution in [0.15, 0.2) is 29.4 Å². The Balaban J connectivity index is 2.01. The van der Waals surface area contributed by atoms with Crippen molar-refractivity contribution < 1.29 is 4.79 Å². The van der Waals surface area contributed by atoms with E-state index in [0.29, 0.717) is 16.8 Å². The highest BCUT2D eigenvalue weighted by molar-refractivity contribution is 7.99. The lowest BCUT2D eigenvalue weighted by Crippen LogP contribution is -2.27. The van der Waals surface area contributed by atoms with Gasteiger partial charge in [-0.3, -0.25) is 4.79 Å². The molecule has 0 aliphatic heterocycles. The van der Waals surface area contributed by atoms with E-state index < -0.39 is 0 Å². The van der Waals surface area contributed by atoms with Gasteiger partial charge in [-0.1, -0.05) is 51.1 Å². The second-order valence-electron chi connectivity index (χ2n) is 6.47. The summed E-state index contributed by atoms with van der Waals surface area (Å²) in [5.74, 6) is 1.81. The minimum atomic E-state index is 0.0305. The van der Waals surface area contributed by atoms with Crippen LogP contribution in [-0.2, 0) is 4.79 Å². The normalized spacial score (nSPS) is 11.0. The third-order valence-electron chi connectivity index (χ3n) is 3.78. The monoisotopic (exact) mass is 360 g/mol. The molecule has 0 aliphatic carbocycles. The topological polar surface area (TPSA) is 66.9 Å². The summed E-state index contributed by atoms with van der Waals surface area (Å²) in [6, 6.07) is 7.97. The Kier molecular flexibility index (Phi) is 7.98. The maximum Gasteiger partial charge on any atom is 0.230 e. The van der Waals surface area contributed by atoms with Crippen LogP contribution in [0.4, 0.5) is 5.82 Å². The van der Waals surface area contributed by atoms with Gasteiger partial charge in [0.2, 0.25) is 5.91 Å². The highest BCUT2D eigenvalue weighted by atomic mass is 32.2. The molecule has 0 radical (unpaired) electrons. The predicted octanol–water partition coefficient (Wildman–Crippen LogP) is 4.10. The van der Waals surface area contributed by atoms with E-state index in [1.807, 2.05) is 24.3 Å². The number of carbonyl (C=O) groups is 1. The molecule has 0 saturated heterocycles. The molecule has 0 fully saturated rings. The molecule has 1 heterocycles. The number of carbonyl (C=O) groups excluding carboxylic acids is 1. The molecule has 0 atom stereocenters. The van der Waals surface area contributed by atoms with Crippen LogP contribution < -0.4 is 10.6 Å². The van der Waals surface area contributed by atoms with Crippen LogP contribution in [0, 0.1) is 5.92 Å². The lowest BCUT2D eigenvalue weighted by atomic mass is 10.1. The summed E-state index contributed by atoms with van der Waals surface area (Å²) < 4.78 is 0. The van der Waals surface area contributed by atoms with Gasteiger partial charge in [-0.15, -0.1) is 0 Å². The number of para-hydroxylation sites is 1. The minimum Gasteiger partial charge on any atom is -0.369 e. The van der Waals surface area contributed by atoms with Crippen LogP contribution in [0.2, 0.25) is 0 Å². The highest BCUT2D eigenvalue weighted by Gasteiger charge is 2.10. The summed E-state index contributed by atoms with van der Waals surface area (Å²) in [5, 5.41) is 8.00. The minimum absolute atomic E-state index is 0.0305. The molecular formula is C19H28N4OS. The van der Waals surface area contributed by atoms with Crippen molar-refractivity contribution in [1.82, 2.24) is 15.3 Å². The molecule has 136 valence electrons. The number of aromatic nitrogens is 2. The van der Waals surface area contributed by atoms with Crippen LogP contribution in [0.25, 0.3) is 10.9 Å². The van der Waals surface area contributed by atoms with Crippen LogP contribution in [-0.4, -0.2) is 34.7 Å². The zero-order valence-corrected chi connectivity index (χ0v) is 16.2. The van der Waals surface area contributed by atoms with Crippen molar-refractivity contribution in [3.05, 3.63) is 24.3 Å². The fourth-order valence-corrected chi connectivity index (χ4v) is 3.00. The Hall–Kier alpha value is -1.82. The van der Waals surface area contributed by atoms with Gasteiger partial charge in [-0.05, 0) is 30.9 Å². The van der Waals surface area contributed by atoms with E-state index in [-0.39, 0.29) is 5.91 Å². The second kappa shape index (κ2) is 10.2. The van der Waals surface area contributed by atoms with Crippen molar-refractivity contribution in [3.63, 3.8) is 0 Å². The highest BCUT2D eigenvalue weighted by Crippen LogP contribution is 2.24. The van der Waals surface area contributed by atoms with Crippen molar-refractivity contribution in [2.45, 2.75) is 45.2 Å². The smallest absolute Gasteiger partial charge is 0.230 e. The first-order chi connectivity index (χ1) is 12.1. The SMILES string of the molecule is CCCCNc1nc(SCC(=O)NCCC(C)C)nc2ccccc12. The van der Waals surface area contributed by atoms with Gasteiger partial charge < -0.3 is 10.6 Å². The molecule has 0 unspecified atom stereocenters. The average molecular weight is 361 g/mol. The molecule has 0 spiro atoms. The number of unbranched alkanes of at least 4 members (excludes halogenated alkanes) is 1. The average Bonchev–Trinajstić information content (AvgIpc) is 2.60. The van der Waals surface area contributed by atoms with Gasteiger partial charge in [0, 0.05) is 18.5 Å². The van der Waals surface area contributed by atoms with Gasteiger partial charge in [0.05, 0.1) is 11.3 Å². The van der Waals surface area contributed by atoms with E-state index in [1.54, 1.807) is 0 Å². The molecule has 0 saturated carbocycles. The van der Waals surface area contributed by atoms with Crippen LogP contribution in [0.5, 0.6) is 0 Å². The molecule has 0 aliphatic rings. The Morgan fingerprint density at radius 3 is 2.76 bits per heavy atom. The van der Waals surface area contributed by atoms with Gasteiger partial charge in [-0.2, -0.15) is 0 Å². The Morgan fingerprint density at radius 1 is 1.20 bits per heavy atom. The lowest BCUT2D eigenvalue weighted by molar-refractivity contribution is -0.118. The Morgan fingerprint density at radius 2 is 2.00 bits per heavy atom. The molecular weight excluding hydrogens is 332 g/mol. The summed E-state index contributed by atoms with van der Waals surface area (Å²) in [4.78, 5) is 21.1. The quantitative estimate of drug-likeness (QED) is 0.379. The zero-order valence-electron chi connectivity index (χ0n) is 15.3. The van der Waals surface area contributed by atoms with E-state index in [9.17, 15) is 4.79 Å².